The number of carbonyl (C=O) groups excluding carboxylic acids is 1. The second-order valence-electron chi connectivity index (χ2n) is 3.84. The molecule has 0 heterocycles. The summed E-state index contributed by atoms with van der Waals surface area (Å²) in [4.78, 5) is 11.8. The zero-order valence-corrected chi connectivity index (χ0v) is 11.3. The van der Waals surface area contributed by atoms with E-state index < -0.39 is 0 Å². The molecule has 0 saturated heterocycles. The van der Waals surface area contributed by atoms with E-state index in [0.29, 0.717) is 12.2 Å². The van der Waals surface area contributed by atoms with E-state index >= 15 is 0 Å². The number of esters is 1. The molecule has 2 rings (SSSR count). The maximum absolute atomic E-state index is 11.7. The maximum Gasteiger partial charge on any atom is 0.338 e. The van der Waals surface area contributed by atoms with Crippen LogP contribution in [0.3, 0.4) is 0 Å². The molecule has 2 aromatic carbocycles. The SMILES string of the molecule is O=C(OCC(Br)c1ccccc1)c1ccccc1. The van der Waals surface area contributed by atoms with Crippen LogP contribution in [0.1, 0.15) is 20.7 Å². The molecule has 0 aromatic heterocycles. The molecule has 0 fully saturated rings. The summed E-state index contributed by atoms with van der Waals surface area (Å²) >= 11 is 3.51. The van der Waals surface area contributed by atoms with Gasteiger partial charge in [0.2, 0.25) is 0 Å². The minimum Gasteiger partial charge on any atom is -0.461 e. The topological polar surface area (TPSA) is 26.3 Å². The van der Waals surface area contributed by atoms with Crippen LogP contribution in [0.5, 0.6) is 0 Å². The highest BCUT2D eigenvalue weighted by Crippen LogP contribution is 2.22. The fourth-order valence-corrected chi connectivity index (χ4v) is 2.00. The molecule has 2 aromatic rings. The van der Waals surface area contributed by atoms with Gasteiger partial charge in [-0.15, -0.1) is 0 Å². The highest BCUT2D eigenvalue weighted by atomic mass is 79.9. The van der Waals surface area contributed by atoms with Gasteiger partial charge in [0.15, 0.2) is 0 Å². The molecule has 0 radical (unpaired) electrons. The summed E-state index contributed by atoms with van der Waals surface area (Å²) in [6.45, 7) is 0.317. The smallest absolute Gasteiger partial charge is 0.338 e. The van der Waals surface area contributed by atoms with E-state index in [2.05, 4.69) is 15.9 Å². The normalized spacial score (nSPS) is 11.8. The molecule has 0 saturated carbocycles. The van der Waals surface area contributed by atoms with Gasteiger partial charge in [0.25, 0.3) is 0 Å². The monoisotopic (exact) mass is 304 g/mol. The molecular weight excluding hydrogens is 292 g/mol. The summed E-state index contributed by atoms with van der Waals surface area (Å²) in [6.07, 6.45) is 0. The number of hydrogen-bond donors (Lipinski definition) is 0. The molecule has 0 aliphatic heterocycles. The van der Waals surface area contributed by atoms with Crippen molar-refractivity contribution in [3.63, 3.8) is 0 Å². The number of halogens is 1. The van der Waals surface area contributed by atoms with Crippen LogP contribution in [-0.2, 0) is 4.74 Å². The quantitative estimate of drug-likeness (QED) is 0.631. The molecule has 3 heteroatoms. The molecule has 92 valence electrons. The summed E-state index contributed by atoms with van der Waals surface area (Å²) in [6, 6.07) is 18.9. The van der Waals surface area contributed by atoms with Gasteiger partial charge in [0, 0.05) is 0 Å². The minimum atomic E-state index is -0.295. The van der Waals surface area contributed by atoms with Gasteiger partial charge in [-0.25, -0.2) is 4.79 Å². The van der Waals surface area contributed by atoms with Crippen molar-refractivity contribution in [2.24, 2.45) is 0 Å². The fraction of sp³-hybridized carbons (Fsp3) is 0.133. The predicted octanol–water partition coefficient (Wildman–Crippen LogP) is 3.98. The fourth-order valence-electron chi connectivity index (χ4n) is 1.56. The predicted molar refractivity (Wildman–Crippen MR) is 74.8 cm³/mol. The molecule has 0 amide bonds. The van der Waals surface area contributed by atoms with Crippen molar-refractivity contribution in [2.75, 3.05) is 6.61 Å². The molecular formula is C15H13BrO2. The van der Waals surface area contributed by atoms with E-state index in [-0.39, 0.29) is 10.8 Å². The summed E-state index contributed by atoms with van der Waals surface area (Å²) in [5.41, 5.74) is 1.67. The molecule has 1 atom stereocenters. The Morgan fingerprint density at radius 1 is 1.00 bits per heavy atom. The Morgan fingerprint density at radius 3 is 2.17 bits per heavy atom. The third-order valence-electron chi connectivity index (χ3n) is 2.53. The third kappa shape index (κ3) is 3.44. The van der Waals surface area contributed by atoms with Crippen LogP contribution < -0.4 is 0 Å². The second-order valence-corrected chi connectivity index (χ2v) is 4.95. The number of alkyl halides is 1. The highest BCUT2D eigenvalue weighted by molar-refractivity contribution is 9.09. The molecule has 0 aliphatic carbocycles. The maximum atomic E-state index is 11.7. The van der Waals surface area contributed by atoms with Gasteiger partial charge in [-0.3, -0.25) is 0 Å². The Balaban J connectivity index is 1.91. The first-order valence-corrected chi connectivity index (χ1v) is 6.60. The van der Waals surface area contributed by atoms with Gasteiger partial charge in [-0.05, 0) is 17.7 Å². The van der Waals surface area contributed by atoms with E-state index in [1.807, 2.05) is 48.5 Å². The number of benzene rings is 2. The molecule has 0 N–H and O–H groups in total. The Labute approximate surface area is 115 Å². The van der Waals surface area contributed by atoms with Crippen molar-refractivity contribution in [2.45, 2.75) is 4.83 Å². The van der Waals surface area contributed by atoms with Crippen molar-refractivity contribution in [1.29, 1.82) is 0 Å². The zero-order valence-electron chi connectivity index (χ0n) is 9.75. The van der Waals surface area contributed by atoms with E-state index in [1.54, 1.807) is 12.1 Å². The van der Waals surface area contributed by atoms with Crippen molar-refractivity contribution in [3.05, 3.63) is 71.8 Å². The third-order valence-corrected chi connectivity index (χ3v) is 3.32. The Morgan fingerprint density at radius 2 is 1.56 bits per heavy atom. The van der Waals surface area contributed by atoms with Crippen LogP contribution >= 0.6 is 15.9 Å². The standard InChI is InChI=1S/C15H13BrO2/c16-14(12-7-3-1-4-8-12)11-18-15(17)13-9-5-2-6-10-13/h1-10,14H,11H2. The Hall–Kier alpha value is -1.61. The average Bonchev–Trinajstić information content (AvgIpc) is 2.46. The lowest BCUT2D eigenvalue weighted by molar-refractivity contribution is 0.0508. The molecule has 0 bridgehead atoms. The number of ether oxygens (including phenoxy) is 1. The first-order valence-electron chi connectivity index (χ1n) is 5.68. The summed E-state index contributed by atoms with van der Waals surface area (Å²) < 4.78 is 5.26. The van der Waals surface area contributed by atoms with Gasteiger partial charge in [0.05, 0.1) is 10.4 Å². The molecule has 2 nitrogen and oxygen atoms in total. The van der Waals surface area contributed by atoms with Crippen LogP contribution in [0.25, 0.3) is 0 Å². The van der Waals surface area contributed by atoms with Gasteiger partial charge in [0.1, 0.15) is 6.61 Å². The largest absolute Gasteiger partial charge is 0.461 e. The molecule has 0 aliphatic rings. The van der Waals surface area contributed by atoms with E-state index in [9.17, 15) is 4.79 Å². The summed E-state index contributed by atoms with van der Waals surface area (Å²) in [7, 11) is 0. The highest BCUT2D eigenvalue weighted by Gasteiger charge is 2.11. The minimum absolute atomic E-state index is 0.0198. The first-order chi connectivity index (χ1) is 8.77. The number of rotatable bonds is 4. The number of hydrogen-bond acceptors (Lipinski definition) is 2. The van der Waals surface area contributed by atoms with Crippen molar-refractivity contribution < 1.29 is 9.53 Å². The summed E-state index contributed by atoms with van der Waals surface area (Å²) in [5.74, 6) is -0.295. The average molecular weight is 305 g/mol. The van der Waals surface area contributed by atoms with Crippen molar-refractivity contribution in [3.8, 4) is 0 Å². The van der Waals surface area contributed by atoms with Crippen LogP contribution in [0.4, 0.5) is 0 Å². The van der Waals surface area contributed by atoms with E-state index in [1.165, 1.54) is 0 Å². The van der Waals surface area contributed by atoms with Gasteiger partial charge in [-0.1, -0.05) is 64.5 Å². The Kier molecular flexibility index (Phi) is 4.53. The molecule has 18 heavy (non-hydrogen) atoms. The van der Waals surface area contributed by atoms with Crippen LogP contribution in [0.15, 0.2) is 60.7 Å². The Bertz CT molecular complexity index is 496. The lowest BCUT2D eigenvalue weighted by atomic mass is 10.2. The first kappa shape index (κ1) is 12.8. The van der Waals surface area contributed by atoms with Crippen molar-refractivity contribution >= 4 is 21.9 Å². The number of carbonyl (C=O) groups is 1. The van der Waals surface area contributed by atoms with Gasteiger partial charge in [-0.2, -0.15) is 0 Å². The lowest BCUT2D eigenvalue weighted by Crippen LogP contribution is -2.09. The van der Waals surface area contributed by atoms with Crippen LogP contribution in [-0.4, -0.2) is 12.6 Å². The van der Waals surface area contributed by atoms with E-state index in [0.717, 1.165) is 5.56 Å². The van der Waals surface area contributed by atoms with Crippen LogP contribution in [0.2, 0.25) is 0 Å². The summed E-state index contributed by atoms with van der Waals surface area (Å²) in [5, 5.41) is 0. The second kappa shape index (κ2) is 6.36. The van der Waals surface area contributed by atoms with Gasteiger partial charge < -0.3 is 4.74 Å². The van der Waals surface area contributed by atoms with E-state index in [4.69, 9.17) is 4.74 Å². The van der Waals surface area contributed by atoms with Crippen LogP contribution in [0, 0.1) is 0 Å². The lowest BCUT2D eigenvalue weighted by Gasteiger charge is -2.10. The zero-order chi connectivity index (χ0) is 12.8. The molecule has 0 spiro atoms. The van der Waals surface area contributed by atoms with Gasteiger partial charge >= 0.3 is 5.97 Å². The molecule has 1 unspecified atom stereocenters. The van der Waals surface area contributed by atoms with Crippen molar-refractivity contribution in [1.82, 2.24) is 0 Å².